The summed E-state index contributed by atoms with van der Waals surface area (Å²) in [6, 6.07) is 12.9. The molecule has 0 radical (unpaired) electrons. The van der Waals surface area contributed by atoms with E-state index in [9.17, 15) is 19.7 Å². The van der Waals surface area contributed by atoms with Gasteiger partial charge in [-0.05, 0) is 41.5 Å². The van der Waals surface area contributed by atoms with Gasteiger partial charge in [0, 0.05) is 44.4 Å². The SMILES string of the molecule is CN(C)C(=O)c1ccc(CNC(=O)/C=C/c2ccc([N+](=O)[O-])cc2)cc1. The van der Waals surface area contributed by atoms with Crippen molar-refractivity contribution in [2.24, 2.45) is 0 Å². The Morgan fingerprint density at radius 3 is 2.23 bits per heavy atom. The molecule has 1 N–H and O–H groups in total. The second-order valence-electron chi connectivity index (χ2n) is 5.80. The summed E-state index contributed by atoms with van der Waals surface area (Å²) in [6.45, 7) is 0.333. The monoisotopic (exact) mass is 353 g/mol. The third-order valence-electron chi connectivity index (χ3n) is 3.60. The van der Waals surface area contributed by atoms with Gasteiger partial charge in [-0.1, -0.05) is 12.1 Å². The number of rotatable bonds is 6. The maximum atomic E-state index is 11.9. The van der Waals surface area contributed by atoms with Gasteiger partial charge in [0.1, 0.15) is 0 Å². The standard InChI is InChI=1S/C19H19N3O4/c1-21(2)19(24)16-8-3-15(4-9-16)13-20-18(23)12-7-14-5-10-17(11-6-14)22(25)26/h3-12H,13H2,1-2H3,(H,20,23)/b12-7+. The number of carbonyl (C=O) groups excluding carboxylic acids is 2. The molecule has 0 fully saturated rings. The Balaban J connectivity index is 1.88. The van der Waals surface area contributed by atoms with Crippen LogP contribution in [0.15, 0.2) is 54.6 Å². The molecule has 0 aromatic heterocycles. The molecule has 7 heteroatoms. The van der Waals surface area contributed by atoms with E-state index in [-0.39, 0.29) is 17.5 Å². The molecule has 2 rings (SSSR count). The normalized spacial score (nSPS) is 10.5. The molecule has 0 aliphatic carbocycles. The van der Waals surface area contributed by atoms with Gasteiger partial charge in [-0.25, -0.2) is 0 Å². The molecule has 134 valence electrons. The third kappa shape index (κ3) is 5.27. The van der Waals surface area contributed by atoms with Crippen LogP contribution in [0, 0.1) is 10.1 Å². The Labute approximate surface area is 151 Å². The second kappa shape index (κ2) is 8.57. The molecule has 0 bridgehead atoms. The van der Waals surface area contributed by atoms with Crippen LogP contribution in [0.5, 0.6) is 0 Å². The predicted molar refractivity (Wildman–Crippen MR) is 98.4 cm³/mol. The van der Waals surface area contributed by atoms with E-state index in [1.165, 1.54) is 23.1 Å². The van der Waals surface area contributed by atoms with E-state index in [1.807, 2.05) is 0 Å². The fourth-order valence-electron chi connectivity index (χ4n) is 2.15. The average Bonchev–Trinajstić information content (AvgIpc) is 2.64. The van der Waals surface area contributed by atoms with Crippen molar-refractivity contribution in [1.82, 2.24) is 10.2 Å². The molecule has 0 aliphatic heterocycles. The van der Waals surface area contributed by atoms with Crippen LogP contribution in [0.2, 0.25) is 0 Å². The molecule has 2 amide bonds. The maximum Gasteiger partial charge on any atom is 0.269 e. The summed E-state index contributed by atoms with van der Waals surface area (Å²) in [5.74, 6) is -0.358. The van der Waals surface area contributed by atoms with Gasteiger partial charge in [0.2, 0.25) is 5.91 Å². The molecule has 26 heavy (non-hydrogen) atoms. The topological polar surface area (TPSA) is 92.6 Å². The largest absolute Gasteiger partial charge is 0.348 e. The highest BCUT2D eigenvalue weighted by molar-refractivity contribution is 5.94. The highest BCUT2D eigenvalue weighted by Gasteiger charge is 2.07. The number of non-ortho nitro benzene ring substituents is 1. The molecular weight excluding hydrogens is 334 g/mol. The third-order valence-corrected chi connectivity index (χ3v) is 3.60. The van der Waals surface area contributed by atoms with Gasteiger partial charge in [0.15, 0.2) is 0 Å². The molecule has 0 unspecified atom stereocenters. The zero-order valence-electron chi connectivity index (χ0n) is 14.5. The van der Waals surface area contributed by atoms with Gasteiger partial charge in [0.25, 0.3) is 11.6 Å². The van der Waals surface area contributed by atoms with Crippen LogP contribution in [-0.2, 0) is 11.3 Å². The smallest absolute Gasteiger partial charge is 0.269 e. The first-order valence-corrected chi connectivity index (χ1v) is 7.88. The second-order valence-corrected chi connectivity index (χ2v) is 5.80. The first kappa shape index (κ1) is 18.9. The molecule has 0 atom stereocenters. The number of benzene rings is 2. The summed E-state index contributed by atoms with van der Waals surface area (Å²) in [6.07, 6.45) is 2.95. The summed E-state index contributed by atoms with van der Waals surface area (Å²) in [7, 11) is 3.38. The lowest BCUT2D eigenvalue weighted by molar-refractivity contribution is -0.384. The highest BCUT2D eigenvalue weighted by atomic mass is 16.6. The average molecular weight is 353 g/mol. The van der Waals surface area contributed by atoms with E-state index in [0.29, 0.717) is 17.7 Å². The van der Waals surface area contributed by atoms with Crippen molar-refractivity contribution in [2.75, 3.05) is 14.1 Å². The minimum absolute atomic E-state index is 0.00259. The quantitative estimate of drug-likeness (QED) is 0.491. The molecule has 0 spiro atoms. The van der Waals surface area contributed by atoms with E-state index in [4.69, 9.17) is 0 Å². The summed E-state index contributed by atoms with van der Waals surface area (Å²) >= 11 is 0. The summed E-state index contributed by atoms with van der Waals surface area (Å²) < 4.78 is 0. The number of nitro groups is 1. The Morgan fingerprint density at radius 1 is 1.08 bits per heavy atom. The summed E-state index contributed by atoms with van der Waals surface area (Å²) in [4.78, 5) is 35.3. The zero-order valence-corrected chi connectivity index (χ0v) is 14.5. The number of amides is 2. The lowest BCUT2D eigenvalue weighted by Gasteiger charge is -2.10. The molecule has 2 aromatic carbocycles. The Kier molecular flexibility index (Phi) is 6.21. The van der Waals surface area contributed by atoms with Gasteiger partial charge in [0.05, 0.1) is 4.92 Å². The van der Waals surface area contributed by atoms with Crippen molar-refractivity contribution >= 4 is 23.6 Å². The van der Waals surface area contributed by atoms with Crippen LogP contribution in [0.3, 0.4) is 0 Å². The lowest BCUT2D eigenvalue weighted by Crippen LogP contribution is -2.22. The predicted octanol–water partition coefficient (Wildman–Crippen LogP) is 2.63. The number of nitro benzene ring substituents is 1. The molecule has 0 saturated carbocycles. The van der Waals surface area contributed by atoms with Gasteiger partial charge in [-0.2, -0.15) is 0 Å². The Morgan fingerprint density at radius 2 is 1.69 bits per heavy atom. The zero-order chi connectivity index (χ0) is 19.1. The van der Waals surface area contributed by atoms with Crippen molar-refractivity contribution in [3.63, 3.8) is 0 Å². The van der Waals surface area contributed by atoms with E-state index in [1.54, 1.807) is 56.6 Å². The van der Waals surface area contributed by atoms with Crippen molar-refractivity contribution < 1.29 is 14.5 Å². The molecule has 7 nitrogen and oxygen atoms in total. The number of hydrogen-bond donors (Lipinski definition) is 1. The van der Waals surface area contributed by atoms with E-state index >= 15 is 0 Å². The highest BCUT2D eigenvalue weighted by Crippen LogP contribution is 2.12. The van der Waals surface area contributed by atoms with Crippen molar-refractivity contribution in [1.29, 1.82) is 0 Å². The van der Waals surface area contributed by atoms with Crippen LogP contribution in [0.25, 0.3) is 6.08 Å². The van der Waals surface area contributed by atoms with Crippen molar-refractivity contribution in [3.05, 3.63) is 81.4 Å². The number of hydrogen-bond acceptors (Lipinski definition) is 4. The first-order chi connectivity index (χ1) is 12.4. The molecule has 0 saturated heterocycles. The molecular formula is C19H19N3O4. The van der Waals surface area contributed by atoms with Gasteiger partial charge >= 0.3 is 0 Å². The molecule has 0 aliphatic rings. The molecule has 2 aromatic rings. The van der Waals surface area contributed by atoms with Crippen molar-refractivity contribution in [3.8, 4) is 0 Å². The lowest BCUT2D eigenvalue weighted by atomic mass is 10.1. The van der Waals surface area contributed by atoms with Gasteiger partial charge < -0.3 is 10.2 Å². The van der Waals surface area contributed by atoms with E-state index in [2.05, 4.69) is 5.32 Å². The number of nitrogens with zero attached hydrogens (tertiary/aromatic N) is 2. The number of nitrogens with one attached hydrogen (secondary N) is 1. The van der Waals surface area contributed by atoms with Crippen molar-refractivity contribution in [2.45, 2.75) is 6.54 Å². The van der Waals surface area contributed by atoms with Crippen LogP contribution in [0.1, 0.15) is 21.5 Å². The van der Waals surface area contributed by atoms with E-state index in [0.717, 1.165) is 5.56 Å². The fraction of sp³-hybridized carbons (Fsp3) is 0.158. The van der Waals surface area contributed by atoms with Gasteiger partial charge in [-0.15, -0.1) is 0 Å². The maximum absolute atomic E-state index is 11.9. The van der Waals surface area contributed by atoms with Crippen LogP contribution in [-0.4, -0.2) is 35.7 Å². The minimum atomic E-state index is -0.475. The molecule has 0 heterocycles. The fourth-order valence-corrected chi connectivity index (χ4v) is 2.15. The Hall–Kier alpha value is -3.48. The van der Waals surface area contributed by atoms with E-state index < -0.39 is 4.92 Å². The van der Waals surface area contributed by atoms with Gasteiger partial charge in [-0.3, -0.25) is 19.7 Å². The summed E-state index contributed by atoms with van der Waals surface area (Å²) in [5.41, 5.74) is 2.15. The van der Waals surface area contributed by atoms with Crippen LogP contribution >= 0.6 is 0 Å². The Bertz CT molecular complexity index is 825. The number of carbonyl (C=O) groups is 2. The minimum Gasteiger partial charge on any atom is -0.348 e. The van der Waals surface area contributed by atoms with Crippen LogP contribution in [0.4, 0.5) is 5.69 Å². The summed E-state index contributed by atoms with van der Waals surface area (Å²) in [5, 5.41) is 13.3. The van der Waals surface area contributed by atoms with Crippen LogP contribution < -0.4 is 5.32 Å². The first-order valence-electron chi connectivity index (χ1n) is 7.88.